The van der Waals surface area contributed by atoms with Crippen LogP contribution >= 0.6 is 0 Å². The first-order chi connectivity index (χ1) is 9.38. The Kier molecular flexibility index (Phi) is 6.39. The molecule has 110 valence electrons. The highest BCUT2D eigenvalue weighted by atomic mass is 19.1. The zero-order valence-electron chi connectivity index (χ0n) is 12.2. The van der Waals surface area contributed by atoms with Crippen LogP contribution in [0.1, 0.15) is 32.8 Å². The van der Waals surface area contributed by atoms with Crippen molar-refractivity contribution in [3.05, 3.63) is 41.7 Å². The first-order valence-electron chi connectivity index (χ1n) is 6.78. The zero-order valence-corrected chi connectivity index (χ0v) is 12.2. The number of benzene rings is 1. The van der Waals surface area contributed by atoms with Crippen LogP contribution < -0.4 is 5.32 Å². The van der Waals surface area contributed by atoms with Gasteiger partial charge in [-0.3, -0.25) is 4.79 Å². The fourth-order valence-corrected chi connectivity index (χ4v) is 2.01. The van der Waals surface area contributed by atoms with Crippen LogP contribution in [-0.2, 0) is 4.79 Å². The molecule has 4 heteroatoms. The van der Waals surface area contributed by atoms with Crippen LogP contribution in [0, 0.1) is 11.7 Å². The van der Waals surface area contributed by atoms with E-state index in [1.165, 1.54) is 18.2 Å². The van der Waals surface area contributed by atoms with Gasteiger partial charge in [0.2, 0.25) is 5.91 Å². The molecule has 2 atom stereocenters. The molecule has 3 nitrogen and oxygen atoms in total. The standard InChI is InChI=1S/C16H22FNO2/c1-11(7-13(3)19)10-18-16(20)8-12(2)14-5-4-6-15(17)9-14/h4-6,8-9,11,13,19H,7,10H2,1-3H3,(H,18,20). The Labute approximate surface area is 119 Å². The van der Waals surface area contributed by atoms with Crippen molar-refractivity contribution in [3.8, 4) is 0 Å². The van der Waals surface area contributed by atoms with Crippen LogP contribution in [0.2, 0.25) is 0 Å². The zero-order chi connectivity index (χ0) is 15.1. The lowest BCUT2D eigenvalue weighted by atomic mass is 10.0. The van der Waals surface area contributed by atoms with Crippen LogP contribution in [-0.4, -0.2) is 23.7 Å². The van der Waals surface area contributed by atoms with Crippen LogP contribution in [0.3, 0.4) is 0 Å². The van der Waals surface area contributed by atoms with Crippen molar-refractivity contribution < 1.29 is 14.3 Å². The summed E-state index contributed by atoms with van der Waals surface area (Å²) in [7, 11) is 0. The van der Waals surface area contributed by atoms with E-state index in [1.807, 2.05) is 6.92 Å². The molecule has 0 spiro atoms. The largest absolute Gasteiger partial charge is 0.393 e. The van der Waals surface area contributed by atoms with E-state index < -0.39 is 0 Å². The van der Waals surface area contributed by atoms with Gasteiger partial charge in [-0.05, 0) is 49.5 Å². The quantitative estimate of drug-likeness (QED) is 0.787. The molecule has 2 unspecified atom stereocenters. The van der Waals surface area contributed by atoms with Gasteiger partial charge in [-0.25, -0.2) is 4.39 Å². The van der Waals surface area contributed by atoms with Crippen molar-refractivity contribution in [2.45, 2.75) is 33.3 Å². The number of hydrogen-bond acceptors (Lipinski definition) is 2. The third kappa shape index (κ3) is 5.97. The topological polar surface area (TPSA) is 49.3 Å². The SMILES string of the molecule is CC(=CC(=O)NCC(C)CC(C)O)c1cccc(F)c1. The predicted octanol–water partition coefficient (Wildman–Crippen LogP) is 2.75. The molecule has 1 amide bonds. The molecule has 0 saturated heterocycles. The molecule has 0 heterocycles. The molecule has 0 saturated carbocycles. The number of carbonyl (C=O) groups is 1. The number of nitrogens with one attached hydrogen (secondary N) is 1. The molecule has 0 aromatic heterocycles. The summed E-state index contributed by atoms with van der Waals surface area (Å²) in [6, 6.07) is 6.15. The van der Waals surface area contributed by atoms with Crippen molar-refractivity contribution in [1.29, 1.82) is 0 Å². The van der Waals surface area contributed by atoms with E-state index in [4.69, 9.17) is 0 Å². The Hall–Kier alpha value is -1.68. The van der Waals surface area contributed by atoms with E-state index in [1.54, 1.807) is 26.0 Å². The maximum atomic E-state index is 13.1. The van der Waals surface area contributed by atoms with E-state index in [2.05, 4.69) is 5.32 Å². The molecular formula is C16H22FNO2. The lowest BCUT2D eigenvalue weighted by molar-refractivity contribution is -0.116. The summed E-state index contributed by atoms with van der Waals surface area (Å²) in [4.78, 5) is 11.8. The van der Waals surface area contributed by atoms with E-state index in [0.29, 0.717) is 24.1 Å². The first kappa shape index (κ1) is 16.4. The average molecular weight is 279 g/mol. The van der Waals surface area contributed by atoms with Crippen LogP contribution in [0.5, 0.6) is 0 Å². The highest BCUT2D eigenvalue weighted by Crippen LogP contribution is 2.14. The van der Waals surface area contributed by atoms with Gasteiger partial charge in [-0.15, -0.1) is 0 Å². The lowest BCUT2D eigenvalue weighted by Crippen LogP contribution is -2.28. The van der Waals surface area contributed by atoms with E-state index in [0.717, 1.165) is 0 Å². The smallest absolute Gasteiger partial charge is 0.244 e. The summed E-state index contributed by atoms with van der Waals surface area (Å²) >= 11 is 0. The van der Waals surface area contributed by atoms with Gasteiger partial charge in [-0.2, -0.15) is 0 Å². The second kappa shape index (κ2) is 7.80. The molecule has 1 aromatic carbocycles. The predicted molar refractivity (Wildman–Crippen MR) is 78.5 cm³/mol. The molecule has 0 aliphatic carbocycles. The highest BCUT2D eigenvalue weighted by Gasteiger charge is 2.07. The van der Waals surface area contributed by atoms with Gasteiger partial charge >= 0.3 is 0 Å². The lowest BCUT2D eigenvalue weighted by Gasteiger charge is -2.13. The molecule has 20 heavy (non-hydrogen) atoms. The van der Waals surface area contributed by atoms with Gasteiger partial charge in [-0.1, -0.05) is 19.1 Å². The molecule has 0 radical (unpaired) electrons. The van der Waals surface area contributed by atoms with Crippen molar-refractivity contribution in [3.63, 3.8) is 0 Å². The normalized spacial score (nSPS) is 14.8. The molecule has 0 bridgehead atoms. The van der Waals surface area contributed by atoms with Gasteiger partial charge < -0.3 is 10.4 Å². The highest BCUT2D eigenvalue weighted by molar-refractivity contribution is 5.94. The van der Waals surface area contributed by atoms with E-state index in [9.17, 15) is 14.3 Å². The third-order valence-corrected chi connectivity index (χ3v) is 3.00. The Morgan fingerprint density at radius 3 is 2.75 bits per heavy atom. The van der Waals surface area contributed by atoms with E-state index in [-0.39, 0.29) is 23.7 Å². The van der Waals surface area contributed by atoms with Crippen LogP contribution in [0.4, 0.5) is 4.39 Å². The number of allylic oxidation sites excluding steroid dienone is 1. The second-order valence-corrected chi connectivity index (χ2v) is 5.27. The number of carbonyl (C=O) groups excluding carboxylic acids is 1. The number of aliphatic hydroxyl groups excluding tert-OH is 1. The van der Waals surface area contributed by atoms with Crippen molar-refractivity contribution in [2.75, 3.05) is 6.54 Å². The first-order valence-corrected chi connectivity index (χ1v) is 6.78. The molecule has 0 aliphatic heterocycles. The maximum Gasteiger partial charge on any atom is 0.244 e. The van der Waals surface area contributed by atoms with Crippen molar-refractivity contribution in [1.82, 2.24) is 5.32 Å². The number of rotatable bonds is 6. The van der Waals surface area contributed by atoms with Gasteiger partial charge in [0.15, 0.2) is 0 Å². The van der Waals surface area contributed by atoms with Crippen molar-refractivity contribution in [2.24, 2.45) is 5.92 Å². The fraction of sp³-hybridized carbons (Fsp3) is 0.438. The average Bonchev–Trinajstić information content (AvgIpc) is 2.35. The Morgan fingerprint density at radius 1 is 1.45 bits per heavy atom. The van der Waals surface area contributed by atoms with Crippen molar-refractivity contribution >= 4 is 11.5 Å². The maximum absolute atomic E-state index is 13.1. The van der Waals surface area contributed by atoms with Crippen LogP contribution in [0.25, 0.3) is 5.57 Å². The molecule has 0 aliphatic rings. The minimum atomic E-state index is -0.369. The fourth-order valence-electron chi connectivity index (χ4n) is 2.01. The van der Waals surface area contributed by atoms with Gasteiger partial charge in [0.1, 0.15) is 5.82 Å². The van der Waals surface area contributed by atoms with Crippen LogP contribution in [0.15, 0.2) is 30.3 Å². The van der Waals surface area contributed by atoms with Gasteiger partial charge in [0.05, 0.1) is 6.10 Å². The van der Waals surface area contributed by atoms with Gasteiger partial charge in [0.25, 0.3) is 0 Å². The summed E-state index contributed by atoms with van der Waals surface area (Å²) in [6.45, 7) is 5.98. The Bertz CT molecular complexity index is 483. The Balaban J connectivity index is 2.54. The monoisotopic (exact) mass is 279 g/mol. The summed E-state index contributed by atoms with van der Waals surface area (Å²) < 4.78 is 13.1. The molecule has 0 fully saturated rings. The minimum absolute atomic E-state index is 0.204. The summed E-state index contributed by atoms with van der Waals surface area (Å²) in [5.41, 5.74) is 1.40. The van der Waals surface area contributed by atoms with E-state index >= 15 is 0 Å². The number of amides is 1. The number of aliphatic hydroxyl groups is 1. The molecule has 1 rings (SSSR count). The Morgan fingerprint density at radius 2 is 2.15 bits per heavy atom. The van der Waals surface area contributed by atoms with Gasteiger partial charge in [0, 0.05) is 12.6 Å². The summed E-state index contributed by atoms with van der Waals surface area (Å²) in [6.07, 6.45) is 1.74. The molecule has 2 N–H and O–H groups in total. The summed E-state index contributed by atoms with van der Waals surface area (Å²) in [5, 5.41) is 12.0. The molecular weight excluding hydrogens is 257 g/mol. The second-order valence-electron chi connectivity index (χ2n) is 5.27. The third-order valence-electron chi connectivity index (χ3n) is 3.00. The summed E-state index contributed by atoms with van der Waals surface area (Å²) in [5.74, 6) is -0.313. The number of hydrogen-bond donors (Lipinski definition) is 2. The molecule has 1 aromatic rings. The minimum Gasteiger partial charge on any atom is -0.393 e. The number of halogens is 1.